The van der Waals surface area contributed by atoms with Gasteiger partial charge in [0, 0.05) is 0 Å². The molecule has 0 spiro atoms. The van der Waals surface area contributed by atoms with Crippen LogP contribution in [0, 0.1) is 0 Å². The lowest BCUT2D eigenvalue weighted by atomic mass is 10.1. The molecule has 2 aliphatic heterocycles. The van der Waals surface area contributed by atoms with Crippen molar-refractivity contribution < 1.29 is 18.9 Å². The standard InChI is InChI=1S/C12H22O4/c1-7(2)15-11(9-5-13-9)12(10-6-14-10)16-8(3)4/h7-12H,5-6H2,1-4H3/t9-,10-,11-,12-/m1/s1. The summed E-state index contributed by atoms with van der Waals surface area (Å²) in [5, 5.41) is 0. The summed E-state index contributed by atoms with van der Waals surface area (Å²) in [7, 11) is 0. The SMILES string of the molecule is CC(C)O[C@@H]([C@H](OC(C)C)[C@H]1CO1)[C@H]1CO1. The van der Waals surface area contributed by atoms with E-state index in [4.69, 9.17) is 18.9 Å². The molecule has 94 valence electrons. The molecule has 4 nitrogen and oxygen atoms in total. The maximum absolute atomic E-state index is 5.91. The molecule has 0 aromatic heterocycles. The summed E-state index contributed by atoms with van der Waals surface area (Å²) in [6, 6.07) is 0. The predicted octanol–water partition coefficient (Wildman–Crippen LogP) is 1.37. The Balaban J connectivity index is 1.95. The second-order valence-electron chi connectivity index (χ2n) is 5.04. The van der Waals surface area contributed by atoms with E-state index < -0.39 is 0 Å². The van der Waals surface area contributed by atoms with Crippen LogP contribution in [0.2, 0.25) is 0 Å². The fourth-order valence-corrected chi connectivity index (χ4v) is 1.87. The summed E-state index contributed by atoms with van der Waals surface area (Å²) < 4.78 is 22.5. The van der Waals surface area contributed by atoms with Gasteiger partial charge in [0.2, 0.25) is 0 Å². The van der Waals surface area contributed by atoms with Gasteiger partial charge in [-0.3, -0.25) is 0 Å². The number of ether oxygens (including phenoxy) is 4. The molecule has 0 aliphatic carbocycles. The van der Waals surface area contributed by atoms with Crippen LogP contribution in [0.3, 0.4) is 0 Å². The summed E-state index contributed by atoms with van der Waals surface area (Å²) in [6.45, 7) is 9.71. The smallest absolute Gasteiger partial charge is 0.115 e. The fourth-order valence-electron chi connectivity index (χ4n) is 1.87. The van der Waals surface area contributed by atoms with Crippen LogP contribution in [0.15, 0.2) is 0 Å². The lowest BCUT2D eigenvalue weighted by Gasteiger charge is -2.28. The maximum atomic E-state index is 5.91. The molecule has 4 atom stereocenters. The fraction of sp³-hybridized carbons (Fsp3) is 1.00. The van der Waals surface area contributed by atoms with Crippen molar-refractivity contribution in [1.29, 1.82) is 0 Å². The second-order valence-corrected chi connectivity index (χ2v) is 5.04. The van der Waals surface area contributed by atoms with Crippen molar-refractivity contribution in [1.82, 2.24) is 0 Å². The van der Waals surface area contributed by atoms with E-state index in [0.29, 0.717) is 0 Å². The molecule has 0 amide bonds. The number of hydrogen-bond acceptors (Lipinski definition) is 4. The van der Waals surface area contributed by atoms with Gasteiger partial charge in [0.25, 0.3) is 0 Å². The van der Waals surface area contributed by atoms with Gasteiger partial charge in [0.15, 0.2) is 0 Å². The van der Waals surface area contributed by atoms with E-state index in [0.717, 1.165) is 13.2 Å². The Morgan fingerprint density at radius 2 is 1.12 bits per heavy atom. The zero-order valence-electron chi connectivity index (χ0n) is 10.5. The minimum absolute atomic E-state index is 0.00917. The van der Waals surface area contributed by atoms with Crippen molar-refractivity contribution in [2.24, 2.45) is 0 Å². The molecule has 0 bridgehead atoms. The minimum atomic E-state index is 0.00917. The molecule has 0 aromatic carbocycles. The third kappa shape index (κ3) is 3.42. The summed E-state index contributed by atoms with van der Waals surface area (Å²) in [5.74, 6) is 0. The van der Waals surface area contributed by atoms with E-state index in [1.165, 1.54) is 0 Å². The van der Waals surface area contributed by atoms with Crippen molar-refractivity contribution in [2.75, 3.05) is 13.2 Å². The lowest BCUT2D eigenvalue weighted by molar-refractivity contribution is -0.125. The Labute approximate surface area is 97.2 Å². The first-order valence-electron chi connectivity index (χ1n) is 6.12. The molecule has 2 rings (SSSR count). The molecular weight excluding hydrogens is 208 g/mol. The highest BCUT2D eigenvalue weighted by atomic mass is 16.6. The van der Waals surface area contributed by atoms with Crippen LogP contribution < -0.4 is 0 Å². The van der Waals surface area contributed by atoms with E-state index in [2.05, 4.69) is 0 Å². The molecule has 0 radical (unpaired) electrons. The first-order chi connectivity index (χ1) is 7.58. The van der Waals surface area contributed by atoms with E-state index >= 15 is 0 Å². The molecule has 4 heteroatoms. The quantitative estimate of drug-likeness (QED) is 0.620. The monoisotopic (exact) mass is 230 g/mol. The highest BCUT2D eigenvalue weighted by Crippen LogP contribution is 2.30. The van der Waals surface area contributed by atoms with Crippen LogP contribution in [0.5, 0.6) is 0 Å². The summed E-state index contributed by atoms with van der Waals surface area (Å²) >= 11 is 0. The number of hydrogen-bond donors (Lipinski definition) is 0. The van der Waals surface area contributed by atoms with E-state index in [9.17, 15) is 0 Å². The normalized spacial score (nSPS) is 31.9. The van der Waals surface area contributed by atoms with Gasteiger partial charge in [-0.25, -0.2) is 0 Å². The van der Waals surface area contributed by atoms with Gasteiger partial charge < -0.3 is 18.9 Å². The first kappa shape index (κ1) is 12.3. The number of epoxide rings is 2. The molecule has 2 aliphatic rings. The largest absolute Gasteiger partial charge is 0.370 e. The van der Waals surface area contributed by atoms with Gasteiger partial charge in [0.05, 0.1) is 25.4 Å². The predicted molar refractivity (Wildman–Crippen MR) is 59.5 cm³/mol. The minimum Gasteiger partial charge on any atom is -0.370 e. The highest BCUT2D eigenvalue weighted by molar-refractivity contribution is 4.95. The molecule has 2 saturated heterocycles. The van der Waals surface area contributed by atoms with E-state index in [1.54, 1.807) is 0 Å². The average Bonchev–Trinajstić information content (AvgIpc) is 3.01. The zero-order valence-corrected chi connectivity index (χ0v) is 10.5. The van der Waals surface area contributed by atoms with Gasteiger partial charge in [-0.2, -0.15) is 0 Å². The summed E-state index contributed by atoms with van der Waals surface area (Å²) in [6.07, 6.45) is 0.771. The Bertz CT molecular complexity index is 197. The Morgan fingerprint density at radius 1 is 0.812 bits per heavy atom. The molecule has 0 aromatic rings. The summed E-state index contributed by atoms with van der Waals surface area (Å²) in [4.78, 5) is 0. The Morgan fingerprint density at radius 3 is 1.31 bits per heavy atom. The van der Waals surface area contributed by atoms with Gasteiger partial charge >= 0.3 is 0 Å². The van der Waals surface area contributed by atoms with Crippen LogP contribution in [-0.4, -0.2) is 49.8 Å². The molecule has 2 heterocycles. The average molecular weight is 230 g/mol. The van der Waals surface area contributed by atoms with Crippen LogP contribution in [-0.2, 0) is 18.9 Å². The van der Waals surface area contributed by atoms with Gasteiger partial charge in [-0.05, 0) is 27.7 Å². The third-order valence-corrected chi connectivity index (χ3v) is 2.63. The molecule has 0 unspecified atom stereocenters. The highest BCUT2D eigenvalue weighted by Gasteiger charge is 2.48. The Kier molecular flexibility index (Phi) is 3.85. The third-order valence-electron chi connectivity index (χ3n) is 2.63. The molecule has 0 saturated carbocycles. The van der Waals surface area contributed by atoms with Crippen LogP contribution >= 0.6 is 0 Å². The topological polar surface area (TPSA) is 43.5 Å². The molecular formula is C12H22O4. The lowest BCUT2D eigenvalue weighted by Crippen LogP contribution is -2.42. The second kappa shape index (κ2) is 5.00. The van der Waals surface area contributed by atoms with E-state index in [1.807, 2.05) is 27.7 Å². The molecule has 16 heavy (non-hydrogen) atoms. The van der Waals surface area contributed by atoms with Gasteiger partial charge in [-0.1, -0.05) is 0 Å². The van der Waals surface area contributed by atoms with Crippen LogP contribution in [0.1, 0.15) is 27.7 Å². The van der Waals surface area contributed by atoms with Gasteiger partial charge in [0.1, 0.15) is 24.4 Å². The van der Waals surface area contributed by atoms with Crippen LogP contribution in [0.25, 0.3) is 0 Å². The maximum Gasteiger partial charge on any atom is 0.115 e. The molecule has 2 fully saturated rings. The van der Waals surface area contributed by atoms with Crippen molar-refractivity contribution in [3.63, 3.8) is 0 Å². The van der Waals surface area contributed by atoms with Crippen molar-refractivity contribution in [3.8, 4) is 0 Å². The summed E-state index contributed by atoms with van der Waals surface area (Å²) in [5.41, 5.74) is 0. The van der Waals surface area contributed by atoms with Crippen molar-refractivity contribution >= 4 is 0 Å². The van der Waals surface area contributed by atoms with Crippen molar-refractivity contribution in [2.45, 2.75) is 64.3 Å². The van der Waals surface area contributed by atoms with Crippen LogP contribution in [0.4, 0.5) is 0 Å². The van der Waals surface area contributed by atoms with Gasteiger partial charge in [-0.15, -0.1) is 0 Å². The number of rotatable bonds is 7. The zero-order chi connectivity index (χ0) is 11.7. The van der Waals surface area contributed by atoms with E-state index in [-0.39, 0.29) is 36.6 Å². The molecule has 0 N–H and O–H groups in total. The first-order valence-corrected chi connectivity index (χ1v) is 6.12. The Hall–Kier alpha value is -0.160. The van der Waals surface area contributed by atoms with Crippen molar-refractivity contribution in [3.05, 3.63) is 0 Å².